The maximum absolute atomic E-state index is 10.3. The molecule has 3 aromatic rings. The maximum Gasteiger partial charge on any atom is 0.0893 e. The Balaban J connectivity index is 2.52. The van der Waals surface area contributed by atoms with Crippen molar-refractivity contribution in [3.05, 3.63) is 56.0 Å². The number of hydrogen-bond donors (Lipinski definition) is 1. The number of alkyl halides is 1. The largest absolute Gasteiger partial charge is 0.388 e. The summed E-state index contributed by atoms with van der Waals surface area (Å²) < 4.78 is 0. The van der Waals surface area contributed by atoms with Crippen LogP contribution in [0.5, 0.6) is 0 Å². The van der Waals surface area contributed by atoms with E-state index in [9.17, 15) is 5.11 Å². The van der Waals surface area contributed by atoms with E-state index in [2.05, 4.69) is 15.9 Å². The van der Waals surface area contributed by atoms with Gasteiger partial charge in [-0.3, -0.25) is 0 Å². The predicted molar refractivity (Wildman–Crippen MR) is 100 cm³/mol. The van der Waals surface area contributed by atoms with Crippen molar-refractivity contribution in [3.63, 3.8) is 0 Å². The summed E-state index contributed by atoms with van der Waals surface area (Å²) in [6.07, 6.45) is -0.668. The van der Waals surface area contributed by atoms with E-state index in [-0.39, 0.29) is 0 Å². The first-order chi connectivity index (χ1) is 10.4. The lowest BCUT2D eigenvalue weighted by Crippen LogP contribution is -2.00. The van der Waals surface area contributed by atoms with Gasteiger partial charge in [-0.1, -0.05) is 62.3 Å². The lowest BCUT2D eigenvalue weighted by atomic mass is 9.95. The van der Waals surface area contributed by atoms with Crippen LogP contribution in [0.2, 0.25) is 20.1 Å². The summed E-state index contributed by atoms with van der Waals surface area (Å²) in [5, 5.41) is 16.0. The minimum absolute atomic E-state index is 0.412. The second kappa shape index (κ2) is 6.35. The fraction of sp³-hybridized carbons (Fsp3) is 0.125. The molecule has 0 aliphatic rings. The van der Waals surface area contributed by atoms with Crippen LogP contribution >= 0.6 is 62.3 Å². The standard InChI is InChI=1S/C16H9BrCl4O/c17-6-16(22)11-1-7-2-12(18)13(19)3-8(7)9-4-14(20)15(21)5-10(9)11/h1-5,16,22H,6H2/t16-/m1/s1. The molecule has 3 rings (SSSR count). The highest BCUT2D eigenvalue weighted by Gasteiger charge is 2.16. The van der Waals surface area contributed by atoms with E-state index in [1.807, 2.05) is 6.07 Å². The Hall–Kier alpha value is -0.220. The zero-order valence-electron chi connectivity index (χ0n) is 11.0. The molecule has 0 amide bonds. The van der Waals surface area contributed by atoms with Crippen molar-refractivity contribution in [3.8, 4) is 0 Å². The Bertz CT molecular complexity index is 895. The Morgan fingerprint density at radius 2 is 1.27 bits per heavy atom. The second-order valence-corrected chi connectivity index (χ2v) is 7.21. The molecule has 0 aliphatic heterocycles. The van der Waals surface area contributed by atoms with Crippen LogP contribution in [-0.4, -0.2) is 10.4 Å². The van der Waals surface area contributed by atoms with Gasteiger partial charge in [0.1, 0.15) is 0 Å². The molecule has 0 bridgehead atoms. The highest BCUT2D eigenvalue weighted by Crippen LogP contribution is 2.39. The van der Waals surface area contributed by atoms with Crippen molar-refractivity contribution < 1.29 is 5.11 Å². The van der Waals surface area contributed by atoms with E-state index in [4.69, 9.17) is 46.4 Å². The molecule has 0 aliphatic carbocycles. The Kier molecular flexibility index (Phi) is 4.80. The molecule has 0 heterocycles. The van der Waals surface area contributed by atoms with Crippen LogP contribution in [0.15, 0.2) is 30.3 Å². The molecular weight excluding hydrogens is 430 g/mol. The first-order valence-corrected chi connectivity index (χ1v) is 9.00. The van der Waals surface area contributed by atoms with E-state index in [1.54, 1.807) is 24.3 Å². The van der Waals surface area contributed by atoms with Crippen LogP contribution in [0.25, 0.3) is 21.5 Å². The molecule has 1 nitrogen and oxygen atoms in total. The van der Waals surface area contributed by atoms with Gasteiger partial charge in [0.15, 0.2) is 0 Å². The van der Waals surface area contributed by atoms with E-state index >= 15 is 0 Å². The molecule has 0 fully saturated rings. The van der Waals surface area contributed by atoms with E-state index < -0.39 is 6.10 Å². The van der Waals surface area contributed by atoms with E-state index in [0.29, 0.717) is 25.4 Å². The molecule has 6 heteroatoms. The highest BCUT2D eigenvalue weighted by atomic mass is 79.9. The molecule has 0 radical (unpaired) electrons. The summed E-state index contributed by atoms with van der Waals surface area (Å²) in [5.74, 6) is 0. The monoisotopic (exact) mass is 436 g/mol. The summed E-state index contributed by atoms with van der Waals surface area (Å²) in [7, 11) is 0. The smallest absolute Gasteiger partial charge is 0.0893 e. The topological polar surface area (TPSA) is 20.2 Å². The minimum Gasteiger partial charge on any atom is -0.388 e. The van der Waals surface area contributed by atoms with Gasteiger partial charge in [0.05, 0.1) is 26.2 Å². The van der Waals surface area contributed by atoms with Gasteiger partial charge in [0.25, 0.3) is 0 Å². The molecule has 0 unspecified atom stereocenters. The average Bonchev–Trinajstić information content (AvgIpc) is 2.49. The summed E-state index contributed by atoms with van der Waals surface area (Å²) in [6, 6.07) is 9.04. The van der Waals surface area contributed by atoms with Crippen molar-refractivity contribution in [1.29, 1.82) is 0 Å². The van der Waals surface area contributed by atoms with Crippen molar-refractivity contribution in [2.45, 2.75) is 6.10 Å². The van der Waals surface area contributed by atoms with Crippen LogP contribution in [0.4, 0.5) is 0 Å². The molecule has 0 aromatic heterocycles. The zero-order valence-corrected chi connectivity index (χ0v) is 15.6. The Labute approximate surface area is 155 Å². The minimum atomic E-state index is -0.668. The van der Waals surface area contributed by atoms with Gasteiger partial charge >= 0.3 is 0 Å². The Morgan fingerprint density at radius 1 is 0.773 bits per heavy atom. The first kappa shape index (κ1) is 16.6. The number of halogens is 5. The van der Waals surface area contributed by atoms with Crippen LogP contribution in [0.1, 0.15) is 11.7 Å². The van der Waals surface area contributed by atoms with Gasteiger partial charge in [-0.15, -0.1) is 0 Å². The number of hydrogen-bond acceptors (Lipinski definition) is 1. The highest BCUT2D eigenvalue weighted by molar-refractivity contribution is 9.09. The van der Waals surface area contributed by atoms with Gasteiger partial charge in [-0.05, 0) is 57.4 Å². The SMILES string of the molecule is O[C@H](CBr)c1cc2cc(Cl)c(Cl)cc2c2cc(Cl)c(Cl)cc12. The number of benzene rings is 3. The molecule has 1 N–H and O–H groups in total. The predicted octanol–water partition coefficient (Wildman–Crippen LogP) is 7.03. The van der Waals surface area contributed by atoms with E-state index in [0.717, 1.165) is 27.1 Å². The Morgan fingerprint density at radius 3 is 1.86 bits per heavy atom. The number of rotatable bonds is 2. The third-order valence-corrected chi connectivity index (χ3v) is 5.63. The summed E-state index contributed by atoms with van der Waals surface area (Å²) in [6.45, 7) is 0. The van der Waals surface area contributed by atoms with Crippen LogP contribution < -0.4 is 0 Å². The lowest BCUT2D eigenvalue weighted by molar-refractivity contribution is 0.207. The van der Waals surface area contributed by atoms with Gasteiger partial charge in [-0.25, -0.2) is 0 Å². The molecule has 3 aromatic carbocycles. The summed E-state index contributed by atoms with van der Waals surface area (Å²) in [5.41, 5.74) is 0.760. The van der Waals surface area contributed by atoms with Gasteiger partial charge in [-0.2, -0.15) is 0 Å². The quantitative estimate of drug-likeness (QED) is 0.336. The lowest BCUT2D eigenvalue weighted by Gasteiger charge is -2.15. The van der Waals surface area contributed by atoms with Crippen molar-refractivity contribution in [2.75, 3.05) is 5.33 Å². The molecule has 22 heavy (non-hydrogen) atoms. The first-order valence-electron chi connectivity index (χ1n) is 6.37. The van der Waals surface area contributed by atoms with Crippen molar-refractivity contribution in [2.24, 2.45) is 0 Å². The van der Waals surface area contributed by atoms with E-state index in [1.165, 1.54) is 0 Å². The number of fused-ring (bicyclic) bond motifs is 3. The van der Waals surface area contributed by atoms with Gasteiger partial charge in [0, 0.05) is 5.33 Å². The third-order valence-electron chi connectivity index (χ3n) is 3.57. The molecule has 0 spiro atoms. The fourth-order valence-electron chi connectivity index (χ4n) is 2.53. The van der Waals surface area contributed by atoms with Crippen LogP contribution in [-0.2, 0) is 0 Å². The molecule has 1 atom stereocenters. The number of aliphatic hydroxyl groups is 1. The molecule has 0 saturated heterocycles. The molecule has 0 saturated carbocycles. The maximum atomic E-state index is 10.3. The van der Waals surface area contributed by atoms with Gasteiger partial charge < -0.3 is 5.11 Å². The molecular formula is C16H9BrCl4O. The summed E-state index contributed by atoms with van der Waals surface area (Å²) >= 11 is 27.9. The third kappa shape index (κ3) is 2.82. The van der Waals surface area contributed by atoms with Crippen molar-refractivity contribution in [1.82, 2.24) is 0 Å². The van der Waals surface area contributed by atoms with Crippen LogP contribution in [0, 0.1) is 0 Å². The normalized spacial score (nSPS) is 13.0. The second-order valence-electron chi connectivity index (χ2n) is 4.94. The summed E-state index contributed by atoms with van der Waals surface area (Å²) in [4.78, 5) is 0. The number of aliphatic hydroxyl groups excluding tert-OH is 1. The zero-order chi connectivity index (χ0) is 16.0. The van der Waals surface area contributed by atoms with Gasteiger partial charge in [0.2, 0.25) is 0 Å². The average molecular weight is 439 g/mol. The van der Waals surface area contributed by atoms with Crippen LogP contribution in [0.3, 0.4) is 0 Å². The van der Waals surface area contributed by atoms with Crippen molar-refractivity contribution >= 4 is 83.9 Å². The fourth-order valence-corrected chi connectivity index (χ4v) is 3.54. The molecule has 114 valence electrons.